The molecule has 4 nitrogen and oxygen atoms in total. The first kappa shape index (κ1) is 14.9. The van der Waals surface area contributed by atoms with Crippen molar-refractivity contribution < 1.29 is 14.7 Å². The number of carbonyl (C=O) groups excluding carboxylic acids is 1. The summed E-state index contributed by atoms with van der Waals surface area (Å²) in [5.74, 6) is -1.60. The second kappa shape index (κ2) is 6.17. The first-order valence-electron chi connectivity index (χ1n) is 5.58. The largest absolute Gasteiger partial charge is 0.481 e. The summed E-state index contributed by atoms with van der Waals surface area (Å²) in [6.07, 6.45) is 0. The molecule has 0 fully saturated rings. The number of carboxylic acids is 1. The van der Waals surface area contributed by atoms with Gasteiger partial charge in [-0.3, -0.25) is 9.59 Å². The highest BCUT2D eigenvalue weighted by Crippen LogP contribution is 2.18. The highest BCUT2D eigenvalue weighted by Gasteiger charge is 2.21. The molecule has 0 aliphatic heterocycles. The average Bonchev–Trinajstić information content (AvgIpc) is 2.28. The Morgan fingerprint density at radius 2 is 2.06 bits per heavy atom. The maximum Gasteiger partial charge on any atom is 0.308 e. The topological polar surface area (TPSA) is 57.6 Å². The van der Waals surface area contributed by atoms with Gasteiger partial charge in [-0.2, -0.15) is 0 Å². The van der Waals surface area contributed by atoms with Crippen molar-refractivity contribution in [2.75, 3.05) is 13.6 Å². The van der Waals surface area contributed by atoms with E-state index in [9.17, 15) is 9.59 Å². The van der Waals surface area contributed by atoms with Crippen LogP contribution in [0, 0.1) is 16.4 Å². The lowest BCUT2D eigenvalue weighted by Gasteiger charge is -2.21. The Morgan fingerprint density at radius 1 is 1.44 bits per heavy atom. The van der Waals surface area contributed by atoms with E-state index in [1.165, 1.54) is 4.90 Å². The number of hydrogen-bond acceptors (Lipinski definition) is 2. The van der Waals surface area contributed by atoms with Crippen molar-refractivity contribution in [3.63, 3.8) is 0 Å². The van der Waals surface area contributed by atoms with Gasteiger partial charge in [-0.05, 0) is 41.1 Å². The molecule has 0 bridgehead atoms. The van der Waals surface area contributed by atoms with Crippen LogP contribution in [0.1, 0.15) is 22.8 Å². The van der Waals surface area contributed by atoms with Gasteiger partial charge >= 0.3 is 5.97 Å². The molecule has 0 saturated carbocycles. The number of hydrogen-bond donors (Lipinski definition) is 1. The maximum atomic E-state index is 12.3. The molecule has 0 radical (unpaired) electrons. The van der Waals surface area contributed by atoms with E-state index in [1.54, 1.807) is 14.0 Å². The smallest absolute Gasteiger partial charge is 0.308 e. The van der Waals surface area contributed by atoms with Gasteiger partial charge in [0.05, 0.1) is 11.5 Å². The summed E-state index contributed by atoms with van der Waals surface area (Å²) in [5, 5.41) is 8.85. The van der Waals surface area contributed by atoms with Crippen LogP contribution < -0.4 is 0 Å². The van der Waals surface area contributed by atoms with Crippen LogP contribution in [0.25, 0.3) is 0 Å². The highest BCUT2D eigenvalue weighted by atomic mass is 127. The van der Waals surface area contributed by atoms with Crippen LogP contribution >= 0.6 is 22.6 Å². The predicted molar refractivity (Wildman–Crippen MR) is 77.7 cm³/mol. The molecule has 18 heavy (non-hydrogen) atoms. The normalized spacial score (nSPS) is 12.0. The zero-order valence-electron chi connectivity index (χ0n) is 10.6. The molecule has 1 amide bonds. The number of aliphatic carboxylic acids is 1. The van der Waals surface area contributed by atoms with Gasteiger partial charge in [-0.25, -0.2) is 0 Å². The van der Waals surface area contributed by atoms with E-state index in [2.05, 4.69) is 22.6 Å². The zero-order chi connectivity index (χ0) is 13.9. The molecule has 0 aliphatic carbocycles. The Balaban J connectivity index is 2.90. The minimum Gasteiger partial charge on any atom is -0.481 e. The van der Waals surface area contributed by atoms with Gasteiger partial charge in [0.1, 0.15) is 0 Å². The third kappa shape index (κ3) is 3.44. The third-order valence-electron chi connectivity index (χ3n) is 2.75. The van der Waals surface area contributed by atoms with E-state index in [4.69, 9.17) is 5.11 Å². The van der Waals surface area contributed by atoms with Gasteiger partial charge in [-0.1, -0.05) is 19.1 Å². The molecule has 0 aliphatic rings. The number of carboxylic acid groups (broad SMARTS) is 1. The lowest BCUT2D eigenvalue weighted by Crippen LogP contribution is -2.34. The first-order chi connectivity index (χ1) is 8.34. The Morgan fingerprint density at radius 3 is 2.56 bits per heavy atom. The number of halogens is 1. The fraction of sp³-hybridized carbons (Fsp3) is 0.385. The van der Waals surface area contributed by atoms with Crippen LogP contribution in [-0.2, 0) is 4.79 Å². The number of carbonyl (C=O) groups is 2. The summed E-state index contributed by atoms with van der Waals surface area (Å²) in [7, 11) is 1.63. The van der Waals surface area contributed by atoms with E-state index in [0.29, 0.717) is 5.56 Å². The number of aryl methyl sites for hydroxylation is 1. The van der Waals surface area contributed by atoms with Crippen LogP contribution in [0.3, 0.4) is 0 Å². The lowest BCUT2D eigenvalue weighted by atomic mass is 10.1. The van der Waals surface area contributed by atoms with Crippen molar-refractivity contribution in [1.82, 2.24) is 4.90 Å². The summed E-state index contributed by atoms with van der Waals surface area (Å²) < 4.78 is 0.882. The quantitative estimate of drug-likeness (QED) is 0.838. The Bertz CT molecular complexity index is 453. The molecule has 1 N–H and O–H groups in total. The molecular weight excluding hydrogens is 345 g/mol. The van der Waals surface area contributed by atoms with E-state index in [-0.39, 0.29) is 12.5 Å². The molecule has 1 aromatic rings. The van der Waals surface area contributed by atoms with Crippen LogP contribution in [0.4, 0.5) is 0 Å². The predicted octanol–water partition coefficient (Wildman–Crippen LogP) is 2.39. The molecule has 1 atom stereocenters. The minimum absolute atomic E-state index is 0.134. The standard InChI is InChI=1S/C13H16INO3/c1-8-5-4-6-10(14)11(8)12(16)15(3)7-9(2)13(17)18/h4-6,9H,7H2,1-3H3,(H,17,18). The molecule has 1 unspecified atom stereocenters. The monoisotopic (exact) mass is 361 g/mol. The summed E-state index contributed by atoms with van der Waals surface area (Å²) in [6, 6.07) is 5.65. The molecular formula is C13H16INO3. The van der Waals surface area contributed by atoms with Crippen LogP contribution in [0.2, 0.25) is 0 Å². The first-order valence-corrected chi connectivity index (χ1v) is 6.65. The fourth-order valence-corrected chi connectivity index (χ4v) is 2.53. The fourth-order valence-electron chi connectivity index (χ4n) is 1.67. The minimum atomic E-state index is -0.894. The van der Waals surface area contributed by atoms with Crippen molar-refractivity contribution in [2.24, 2.45) is 5.92 Å². The molecule has 1 aromatic carbocycles. The van der Waals surface area contributed by atoms with Gasteiger partial charge in [0, 0.05) is 17.2 Å². The van der Waals surface area contributed by atoms with E-state index in [1.807, 2.05) is 25.1 Å². The Kier molecular flexibility index (Phi) is 5.13. The molecule has 0 aromatic heterocycles. The molecule has 0 spiro atoms. The average molecular weight is 361 g/mol. The van der Waals surface area contributed by atoms with Crippen LogP contribution in [0.15, 0.2) is 18.2 Å². The van der Waals surface area contributed by atoms with Crippen molar-refractivity contribution in [3.05, 3.63) is 32.9 Å². The van der Waals surface area contributed by atoms with Gasteiger partial charge in [0.25, 0.3) is 5.91 Å². The Labute approximate surface area is 120 Å². The second-order valence-electron chi connectivity index (χ2n) is 4.36. The lowest BCUT2D eigenvalue weighted by molar-refractivity contribution is -0.141. The summed E-state index contributed by atoms with van der Waals surface area (Å²) in [5.41, 5.74) is 1.56. The van der Waals surface area contributed by atoms with Crippen LogP contribution in [-0.4, -0.2) is 35.5 Å². The van der Waals surface area contributed by atoms with Crippen LogP contribution in [0.5, 0.6) is 0 Å². The number of benzene rings is 1. The van der Waals surface area contributed by atoms with Crippen molar-refractivity contribution >= 4 is 34.5 Å². The van der Waals surface area contributed by atoms with E-state index in [0.717, 1.165) is 9.13 Å². The Hall–Kier alpha value is -1.11. The van der Waals surface area contributed by atoms with Crippen molar-refractivity contribution in [3.8, 4) is 0 Å². The summed E-state index contributed by atoms with van der Waals surface area (Å²) in [6.45, 7) is 3.68. The number of amides is 1. The number of rotatable bonds is 4. The molecule has 98 valence electrons. The third-order valence-corrected chi connectivity index (χ3v) is 3.65. The van der Waals surface area contributed by atoms with E-state index < -0.39 is 11.9 Å². The molecule has 0 saturated heterocycles. The summed E-state index contributed by atoms with van der Waals surface area (Å²) in [4.78, 5) is 24.5. The summed E-state index contributed by atoms with van der Waals surface area (Å²) >= 11 is 2.12. The maximum absolute atomic E-state index is 12.3. The van der Waals surface area contributed by atoms with Gasteiger partial charge in [0.2, 0.25) is 0 Å². The second-order valence-corrected chi connectivity index (χ2v) is 5.52. The zero-order valence-corrected chi connectivity index (χ0v) is 12.8. The van der Waals surface area contributed by atoms with Gasteiger partial charge < -0.3 is 10.0 Å². The molecule has 5 heteroatoms. The highest BCUT2D eigenvalue weighted by molar-refractivity contribution is 14.1. The van der Waals surface area contributed by atoms with Crippen molar-refractivity contribution in [1.29, 1.82) is 0 Å². The van der Waals surface area contributed by atoms with Gasteiger partial charge in [0.15, 0.2) is 0 Å². The van der Waals surface area contributed by atoms with Crippen molar-refractivity contribution in [2.45, 2.75) is 13.8 Å². The molecule has 1 rings (SSSR count). The SMILES string of the molecule is Cc1cccc(I)c1C(=O)N(C)CC(C)C(=O)O. The van der Waals surface area contributed by atoms with Gasteiger partial charge in [-0.15, -0.1) is 0 Å². The molecule has 0 heterocycles. The number of nitrogens with zero attached hydrogens (tertiary/aromatic N) is 1. The van der Waals surface area contributed by atoms with E-state index >= 15 is 0 Å².